The van der Waals surface area contributed by atoms with Gasteiger partial charge >= 0.3 is 6.03 Å². The van der Waals surface area contributed by atoms with Crippen LogP contribution in [-0.4, -0.2) is 33.1 Å². The summed E-state index contributed by atoms with van der Waals surface area (Å²) in [5.41, 5.74) is 3.23. The topological polar surface area (TPSA) is 79.2 Å². The number of aliphatic hydroxyl groups is 1. The van der Waals surface area contributed by atoms with Crippen molar-refractivity contribution in [1.29, 1.82) is 0 Å². The van der Waals surface area contributed by atoms with E-state index in [-0.39, 0.29) is 11.5 Å². The maximum atomic E-state index is 14.6. The van der Waals surface area contributed by atoms with Gasteiger partial charge in [0, 0.05) is 12.0 Å². The first kappa shape index (κ1) is 24.2. The summed E-state index contributed by atoms with van der Waals surface area (Å²) in [7, 11) is 0. The van der Waals surface area contributed by atoms with E-state index in [1.165, 1.54) is 18.2 Å². The average Bonchev–Trinajstić information content (AvgIpc) is 3.36. The van der Waals surface area contributed by atoms with Crippen molar-refractivity contribution in [1.82, 2.24) is 15.1 Å². The van der Waals surface area contributed by atoms with E-state index in [0.29, 0.717) is 37.8 Å². The van der Waals surface area contributed by atoms with Gasteiger partial charge in [0.2, 0.25) is 0 Å². The van der Waals surface area contributed by atoms with Gasteiger partial charge < -0.3 is 15.7 Å². The van der Waals surface area contributed by atoms with E-state index < -0.39 is 22.9 Å². The number of aryl methyl sites for hydroxylation is 1. The summed E-state index contributed by atoms with van der Waals surface area (Å²) in [6, 6.07) is 10.5. The molecule has 0 bridgehead atoms. The quantitative estimate of drug-likeness (QED) is 0.431. The first-order valence-electron chi connectivity index (χ1n) is 12.3. The van der Waals surface area contributed by atoms with Gasteiger partial charge in [0.15, 0.2) is 0 Å². The molecule has 2 aromatic carbocycles. The van der Waals surface area contributed by atoms with Crippen molar-refractivity contribution < 1.29 is 18.7 Å². The predicted molar refractivity (Wildman–Crippen MR) is 135 cm³/mol. The molecule has 6 nitrogen and oxygen atoms in total. The summed E-state index contributed by atoms with van der Waals surface area (Å²) in [4.78, 5) is 12.0. The third kappa shape index (κ3) is 4.09. The third-order valence-corrected chi connectivity index (χ3v) is 7.84. The van der Waals surface area contributed by atoms with Crippen LogP contribution in [0.1, 0.15) is 49.9 Å². The Bertz CT molecular complexity index is 1330. The zero-order valence-corrected chi connectivity index (χ0v) is 20.4. The van der Waals surface area contributed by atoms with Crippen molar-refractivity contribution in [2.45, 2.75) is 51.6 Å². The number of rotatable bonds is 6. The molecule has 36 heavy (non-hydrogen) atoms. The molecule has 2 amide bonds. The first-order chi connectivity index (χ1) is 17.2. The van der Waals surface area contributed by atoms with Gasteiger partial charge in [0.25, 0.3) is 0 Å². The lowest BCUT2D eigenvalue weighted by Crippen LogP contribution is -2.45. The van der Waals surface area contributed by atoms with Crippen molar-refractivity contribution >= 4 is 17.8 Å². The van der Waals surface area contributed by atoms with Gasteiger partial charge in [-0.25, -0.2) is 18.3 Å². The summed E-state index contributed by atoms with van der Waals surface area (Å²) in [5.74, 6) is -0.798. The molecule has 1 aromatic heterocycles. The van der Waals surface area contributed by atoms with Crippen molar-refractivity contribution in [3.8, 4) is 5.69 Å². The van der Waals surface area contributed by atoms with Gasteiger partial charge in [-0.3, -0.25) is 0 Å². The van der Waals surface area contributed by atoms with Gasteiger partial charge in [-0.05, 0) is 86.6 Å². The number of urea groups is 1. The van der Waals surface area contributed by atoms with E-state index >= 15 is 0 Å². The Morgan fingerprint density at radius 3 is 2.72 bits per heavy atom. The van der Waals surface area contributed by atoms with Crippen molar-refractivity contribution in [2.75, 3.05) is 11.9 Å². The molecule has 2 atom stereocenters. The zero-order valence-electron chi connectivity index (χ0n) is 20.4. The molecule has 3 aromatic rings. The average molecular weight is 493 g/mol. The second-order valence-corrected chi connectivity index (χ2v) is 9.91. The Kier molecular flexibility index (Phi) is 6.16. The van der Waals surface area contributed by atoms with Gasteiger partial charge in [0.05, 0.1) is 28.9 Å². The van der Waals surface area contributed by atoms with Crippen LogP contribution in [0.4, 0.5) is 19.3 Å². The van der Waals surface area contributed by atoms with Gasteiger partial charge in [-0.15, -0.1) is 0 Å². The van der Waals surface area contributed by atoms with Crippen LogP contribution in [0.2, 0.25) is 0 Å². The van der Waals surface area contributed by atoms with Gasteiger partial charge in [-0.2, -0.15) is 5.10 Å². The maximum absolute atomic E-state index is 14.6. The van der Waals surface area contributed by atoms with Crippen molar-refractivity contribution in [3.05, 3.63) is 82.7 Å². The Morgan fingerprint density at radius 1 is 1.19 bits per heavy atom. The molecule has 188 valence electrons. The number of carbonyl (C=O) groups is 1. The Morgan fingerprint density at radius 2 is 1.97 bits per heavy atom. The number of anilines is 1. The SMILES string of the molecule is CCNC(=O)Nc1c(F)cccc1CC[C@]1(O)CCC2=Cc3c(cnn3-c3ccc(F)cc3)C[C@@]21C. The first-order valence-corrected chi connectivity index (χ1v) is 12.3. The minimum Gasteiger partial charge on any atom is -0.389 e. The number of halogens is 2. The van der Waals surface area contributed by atoms with E-state index in [9.17, 15) is 18.7 Å². The predicted octanol–water partition coefficient (Wildman–Crippen LogP) is 5.40. The van der Waals surface area contributed by atoms with Crippen LogP contribution in [0.25, 0.3) is 11.8 Å². The van der Waals surface area contributed by atoms with Crippen molar-refractivity contribution in [2.24, 2.45) is 5.41 Å². The highest BCUT2D eigenvalue weighted by atomic mass is 19.1. The minimum atomic E-state index is -0.996. The number of aromatic nitrogens is 2. The van der Waals surface area contributed by atoms with E-state index in [0.717, 1.165) is 28.9 Å². The lowest BCUT2D eigenvalue weighted by atomic mass is 9.65. The fourth-order valence-corrected chi connectivity index (χ4v) is 5.70. The third-order valence-electron chi connectivity index (χ3n) is 7.84. The minimum absolute atomic E-state index is 0.150. The Labute approximate surface area is 209 Å². The smallest absolute Gasteiger partial charge is 0.319 e. The fourth-order valence-electron chi connectivity index (χ4n) is 5.70. The largest absolute Gasteiger partial charge is 0.389 e. The fraction of sp³-hybridized carbons (Fsp3) is 0.357. The highest BCUT2D eigenvalue weighted by molar-refractivity contribution is 5.90. The molecule has 1 fully saturated rings. The van der Waals surface area contributed by atoms with E-state index in [1.807, 2.05) is 10.9 Å². The Balaban J connectivity index is 1.39. The summed E-state index contributed by atoms with van der Waals surface area (Å²) in [5, 5.41) is 21.7. The molecule has 0 unspecified atom stereocenters. The van der Waals surface area contributed by atoms with E-state index in [4.69, 9.17) is 0 Å². The highest BCUT2D eigenvalue weighted by Crippen LogP contribution is 2.57. The second-order valence-electron chi connectivity index (χ2n) is 9.91. The van der Waals surface area contributed by atoms with Crippen LogP contribution in [0, 0.1) is 17.0 Å². The molecule has 2 aliphatic rings. The maximum Gasteiger partial charge on any atom is 0.319 e. The van der Waals surface area contributed by atoms with Crippen LogP contribution >= 0.6 is 0 Å². The van der Waals surface area contributed by atoms with Crippen LogP contribution in [0.3, 0.4) is 0 Å². The molecular weight excluding hydrogens is 462 g/mol. The normalized spacial score (nSPS) is 22.5. The molecule has 3 N–H and O–H groups in total. The summed E-state index contributed by atoms with van der Waals surface area (Å²) < 4.78 is 29.8. The zero-order chi connectivity index (χ0) is 25.5. The van der Waals surface area contributed by atoms with Crippen molar-refractivity contribution in [3.63, 3.8) is 0 Å². The number of fused-ring (bicyclic) bond motifs is 2. The molecule has 2 aliphatic carbocycles. The highest BCUT2D eigenvalue weighted by Gasteiger charge is 2.54. The summed E-state index contributed by atoms with van der Waals surface area (Å²) in [6.45, 7) is 4.31. The number of hydrogen-bond donors (Lipinski definition) is 3. The Hall–Kier alpha value is -3.52. The van der Waals surface area contributed by atoms with Crippen LogP contribution in [-0.2, 0) is 12.8 Å². The van der Waals surface area contributed by atoms with Crippen LogP contribution in [0.5, 0.6) is 0 Å². The van der Waals surface area contributed by atoms with Gasteiger partial charge in [-0.1, -0.05) is 24.6 Å². The molecule has 1 heterocycles. The standard InChI is InChI=1S/C28H30F2N4O2/c1-3-31-26(35)33-25-18(5-4-6-23(25)30)11-13-28(36)14-12-20-15-24-19(16-27(20,28)2)17-32-34(24)22-9-7-21(29)8-10-22/h4-10,15,17,36H,3,11-14,16H2,1-2H3,(H2,31,33,35)/t27-,28-/m0/s1. The number of benzene rings is 2. The molecule has 0 aliphatic heterocycles. The van der Waals surface area contributed by atoms with E-state index in [1.54, 1.807) is 31.2 Å². The lowest BCUT2D eigenvalue weighted by Gasteiger charge is -2.42. The number of hydrogen-bond acceptors (Lipinski definition) is 3. The van der Waals surface area contributed by atoms with Gasteiger partial charge in [0.1, 0.15) is 11.6 Å². The number of nitrogens with one attached hydrogen (secondary N) is 2. The molecule has 5 rings (SSSR count). The second kappa shape index (κ2) is 9.17. The molecule has 1 saturated carbocycles. The molecular formula is C28H30F2N4O2. The molecule has 0 spiro atoms. The van der Waals surface area contributed by atoms with E-state index in [2.05, 4.69) is 28.7 Å². The number of nitrogens with zero attached hydrogens (tertiary/aromatic N) is 2. The number of para-hydroxylation sites is 1. The molecule has 8 heteroatoms. The molecule has 0 radical (unpaired) electrons. The lowest BCUT2D eigenvalue weighted by molar-refractivity contribution is -0.0461. The summed E-state index contributed by atoms with van der Waals surface area (Å²) in [6.07, 6.45) is 6.73. The monoisotopic (exact) mass is 492 g/mol. The summed E-state index contributed by atoms with van der Waals surface area (Å²) >= 11 is 0. The number of carbonyl (C=O) groups excluding carboxylic acids is 1. The number of amides is 2. The van der Waals surface area contributed by atoms with Crippen LogP contribution in [0.15, 0.2) is 54.2 Å². The van der Waals surface area contributed by atoms with Crippen LogP contribution < -0.4 is 10.6 Å². The molecule has 0 saturated heterocycles.